The molecule has 1 atom stereocenters. The maximum absolute atomic E-state index is 5.67. The van der Waals surface area contributed by atoms with Crippen molar-refractivity contribution < 1.29 is 14.2 Å². The van der Waals surface area contributed by atoms with E-state index in [1.165, 1.54) is 18.4 Å². The van der Waals surface area contributed by atoms with E-state index in [-0.39, 0.29) is 29.4 Å². The van der Waals surface area contributed by atoms with Gasteiger partial charge in [0.05, 0.1) is 13.2 Å². The van der Waals surface area contributed by atoms with E-state index >= 15 is 0 Å². The van der Waals surface area contributed by atoms with Gasteiger partial charge in [-0.2, -0.15) is 0 Å². The van der Waals surface area contributed by atoms with Crippen LogP contribution in [0.25, 0.3) is 0 Å². The van der Waals surface area contributed by atoms with Crippen molar-refractivity contribution in [3.05, 3.63) is 23.8 Å². The lowest BCUT2D eigenvalue weighted by molar-refractivity contribution is 0.156. The largest absolute Gasteiger partial charge is 0.454 e. The number of aliphatic imine (C=N–C) groups is 1. The molecule has 4 rings (SSSR count). The number of hydrogen-bond acceptors (Lipinski definition) is 4. The summed E-state index contributed by atoms with van der Waals surface area (Å²) in [6.45, 7) is 12.4. The molecule has 1 unspecified atom stereocenters. The molecule has 7 heteroatoms. The van der Waals surface area contributed by atoms with Gasteiger partial charge in [-0.05, 0) is 37.5 Å². The van der Waals surface area contributed by atoms with Crippen molar-refractivity contribution in [2.75, 3.05) is 46.2 Å². The molecule has 0 bridgehead atoms. The van der Waals surface area contributed by atoms with Gasteiger partial charge in [0.25, 0.3) is 0 Å². The topological polar surface area (TPSA) is 55.3 Å². The number of halogens is 1. The quantitative estimate of drug-likeness (QED) is 0.390. The molecule has 3 aliphatic heterocycles. The van der Waals surface area contributed by atoms with Crippen LogP contribution in [-0.4, -0.2) is 57.0 Å². The lowest BCUT2D eigenvalue weighted by Crippen LogP contribution is -2.42. The number of benzene rings is 1. The summed E-state index contributed by atoms with van der Waals surface area (Å²) in [7, 11) is 0. The number of nitrogens with one attached hydrogen (secondary N) is 1. The Labute approximate surface area is 185 Å². The zero-order valence-corrected chi connectivity index (χ0v) is 19.5. The molecule has 2 saturated heterocycles. The molecular formula is C21H32IN3O3. The minimum Gasteiger partial charge on any atom is -0.454 e. The van der Waals surface area contributed by atoms with Crippen molar-refractivity contribution >= 4 is 29.9 Å². The highest BCUT2D eigenvalue weighted by molar-refractivity contribution is 14.0. The summed E-state index contributed by atoms with van der Waals surface area (Å²) in [5, 5.41) is 3.49. The van der Waals surface area contributed by atoms with Crippen molar-refractivity contribution in [2.24, 2.45) is 10.4 Å². The maximum Gasteiger partial charge on any atom is 0.231 e. The molecule has 1 aromatic rings. The molecule has 0 radical (unpaired) electrons. The van der Waals surface area contributed by atoms with Gasteiger partial charge in [-0.3, -0.25) is 4.99 Å². The monoisotopic (exact) mass is 501 g/mol. The molecule has 1 N–H and O–H groups in total. The van der Waals surface area contributed by atoms with E-state index in [1.807, 2.05) is 6.07 Å². The van der Waals surface area contributed by atoms with E-state index in [4.69, 9.17) is 19.2 Å². The van der Waals surface area contributed by atoms with Crippen LogP contribution in [0.15, 0.2) is 23.2 Å². The summed E-state index contributed by atoms with van der Waals surface area (Å²) in [5.74, 6) is 2.68. The van der Waals surface area contributed by atoms with E-state index in [0.29, 0.717) is 12.2 Å². The Bertz CT molecular complexity index is 717. The standard InChI is InChI=1S/C21H31N3O3.HI/c1-4-22-19(24-9-7-21(13-24)8-10-25-14-21)23-12-20(2,3)16-5-6-17-18(11-16)27-15-26-17;/h5-6,11H,4,7-10,12-15H2,1-3H3,(H,22,23);1H. The average Bonchev–Trinajstić information content (AvgIpc) is 3.40. The summed E-state index contributed by atoms with van der Waals surface area (Å²) < 4.78 is 16.6. The van der Waals surface area contributed by atoms with E-state index in [0.717, 1.165) is 56.9 Å². The Morgan fingerprint density at radius 1 is 1.25 bits per heavy atom. The fourth-order valence-corrected chi connectivity index (χ4v) is 4.19. The molecular weight excluding hydrogens is 469 g/mol. The van der Waals surface area contributed by atoms with Crippen LogP contribution in [-0.2, 0) is 10.2 Å². The zero-order chi connectivity index (χ0) is 18.9. The molecule has 0 aliphatic carbocycles. The molecule has 3 aliphatic rings. The van der Waals surface area contributed by atoms with Crippen LogP contribution in [0.1, 0.15) is 39.2 Å². The summed E-state index contributed by atoms with van der Waals surface area (Å²) in [6, 6.07) is 6.21. The Morgan fingerprint density at radius 2 is 2.07 bits per heavy atom. The fourth-order valence-electron chi connectivity index (χ4n) is 4.19. The molecule has 6 nitrogen and oxygen atoms in total. The normalized spacial score (nSPS) is 24.0. The maximum atomic E-state index is 5.67. The van der Waals surface area contributed by atoms with Gasteiger partial charge in [0.1, 0.15) is 0 Å². The molecule has 1 spiro atoms. The third-order valence-electron chi connectivity index (χ3n) is 6.04. The Morgan fingerprint density at radius 3 is 2.82 bits per heavy atom. The van der Waals surface area contributed by atoms with Gasteiger partial charge in [-0.15, -0.1) is 24.0 Å². The van der Waals surface area contributed by atoms with E-state index in [2.05, 4.69) is 43.1 Å². The number of rotatable bonds is 4. The number of likely N-dealkylation sites (tertiary alicyclic amines) is 1. The van der Waals surface area contributed by atoms with E-state index in [1.54, 1.807) is 0 Å². The zero-order valence-electron chi connectivity index (χ0n) is 17.1. The molecule has 1 aromatic carbocycles. The highest BCUT2D eigenvalue weighted by Gasteiger charge is 2.42. The van der Waals surface area contributed by atoms with Crippen LogP contribution >= 0.6 is 24.0 Å². The van der Waals surface area contributed by atoms with Gasteiger partial charge in [-0.25, -0.2) is 0 Å². The van der Waals surface area contributed by atoms with E-state index in [9.17, 15) is 0 Å². The Hall–Kier alpha value is -1.22. The van der Waals surface area contributed by atoms with Crippen molar-refractivity contribution in [1.82, 2.24) is 10.2 Å². The van der Waals surface area contributed by atoms with Crippen molar-refractivity contribution in [2.45, 2.75) is 39.0 Å². The number of hydrogen-bond donors (Lipinski definition) is 1. The first kappa shape index (κ1) is 21.5. The van der Waals surface area contributed by atoms with Gasteiger partial charge in [0.15, 0.2) is 17.5 Å². The summed E-state index contributed by atoms with van der Waals surface area (Å²) in [5.41, 5.74) is 1.46. The fraction of sp³-hybridized carbons (Fsp3) is 0.667. The second kappa shape index (κ2) is 8.65. The lowest BCUT2D eigenvalue weighted by atomic mass is 9.84. The highest BCUT2D eigenvalue weighted by atomic mass is 127. The molecule has 156 valence electrons. The van der Waals surface area contributed by atoms with Gasteiger partial charge in [0.2, 0.25) is 6.79 Å². The number of ether oxygens (including phenoxy) is 3. The third kappa shape index (κ3) is 4.35. The summed E-state index contributed by atoms with van der Waals surface area (Å²) >= 11 is 0. The number of nitrogens with zero attached hydrogens (tertiary/aromatic N) is 2. The molecule has 0 saturated carbocycles. The van der Waals surface area contributed by atoms with Crippen LogP contribution in [0.2, 0.25) is 0 Å². The molecule has 28 heavy (non-hydrogen) atoms. The minimum atomic E-state index is -0.0878. The minimum absolute atomic E-state index is 0. The van der Waals surface area contributed by atoms with Crippen LogP contribution < -0.4 is 14.8 Å². The summed E-state index contributed by atoms with van der Waals surface area (Å²) in [4.78, 5) is 7.42. The molecule has 0 amide bonds. The summed E-state index contributed by atoms with van der Waals surface area (Å²) in [6.07, 6.45) is 2.37. The second-order valence-electron chi connectivity index (χ2n) is 8.60. The van der Waals surface area contributed by atoms with Gasteiger partial charge >= 0.3 is 0 Å². The van der Waals surface area contributed by atoms with Crippen LogP contribution in [0.4, 0.5) is 0 Å². The van der Waals surface area contributed by atoms with Crippen LogP contribution in [0.3, 0.4) is 0 Å². The van der Waals surface area contributed by atoms with Crippen molar-refractivity contribution in [1.29, 1.82) is 0 Å². The molecule has 0 aromatic heterocycles. The van der Waals surface area contributed by atoms with Gasteiger partial charge < -0.3 is 24.4 Å². The van der Waals surface area contributed by atoms with Crippen molar-refractivity contribution in [3.63, 3.8) is 0 Å². The highest BCUT2D eigenvalue weighted by Crippen LogP contribution is 2.39. The predicted octanol–water partition coefficient (Wildman–Crippen LogP) is 3.39. The third-order valence-corrected chi connectivity index (χ3v) is 6.04. The van der Waals surface area contributed by atoms with E-state index < -0.39 is 0 Å². The second-order valence-corrected chi connectivity index (χ2v) is 8.60. The first-order valence-electron chi connectivity index (χ1n) is 10.0. The van der Waals surface area contributed by atoms with Crippen LogP contribution in [0.5, 0.6) is 11.5 Å². The van der Waals surface area contributed by atoms with Gasteiger partial charge in [0, 0.05) is 37.1 Å². The Balaban J connectivity index is 0.00000225. The van der Waals surface area contributed by atoms with Crippen molar-refractivity contribution in [3.8, 4) is 11.5 Å². The van der Waals surface area contributed by atoms with Crippen LogP contribution in [0, 0.1) is 5.41 Å². The first-order chi connectivity index (χ1) is 13.0. The smallest absolute Gasteiger partial charge is 0.231 e. The SMILES string of the molecule is CCNC(=NCC(C)(C)c1ccc2c(c1)OCO2)N1CCC2(CCOC2)C1.I. The Kier molecular flexibility index (Phi) is 6.64. The number of guanidine groups is 1. The lowest BCUT2D eigenvalue weighted by Gasteiger charge is -2.27. The predicted molar refractivity (Wildman–Crippen MR) is 121 cm³/mol. The molecule has 3 heterocycles. The van der Waals surface area contributed by atoms with Gasteiger partial charge in [-0.1, -0.05) is 19.9 Å². The number of fused-ring (bicyclic) bond motifs is 1. The molecule has 2 fully saturated rings. The first-order valence-corrected chi connectivity index (χ1v) is 10.0. The average molecular weight is 501 g/mol.